The molecular weight excluding hydrogens is 412 g/mol. The Labute approximate surface area is 189 Å². The van der Waals surface area contributed by atoms with Crippen LogP contribution in [0.4, 0.5) is 0 Å². The van der Waals surface area contributed by atoms with Gasteiger partial charge in [0.25, 0.3) is 0 Å². The fraction of sp³-hybridized carbons (Fsp3) is 0.833. The Balaban J connectivity index is 1.21. The standard InChI is InChI=1S/C24H36N2O6/c1-15-7-9-17(19(27)28)23(13-15)21(31)25(23)11-5-3-4-6-12-26-22(32)24(26)14-16(2)8-10-18(24)20(29)30/h15-18H,3-14H2,1-2H3,(H,27,28)(H,29,30). The lowest BCUT2D eigenvalue weighted by Gasteiger charge is -2.31. The van der Waals surface area contributed by atoms with Crippen LogP contribution in [0.15, 0.2) is 0 Å². The number of nitrogens with zero attached hydrogens (tertiary/aromatic N) is 2. The fourth-order valence-corrected chi connectivity index (χ4v) is 6.80. The molecule has 6 unspecified atom stereocenters. The first-order valence-electron chi connectivity index (χ1n) is 12.3. The highest BCUT2D eigenvalue weighted by molar-refractivity contribution is 6.06. The number of unbranched alkanes of at least 4 members (excludes halogenated alkanes) is 3. The molecule has 0 radical (unpaired) electrons. The molecule has 32 heavy (non-hydrogen) atoms. The zero-order chi connectivity index (χ0) is 23.3. The van der Waals surface area contributed by atoms with E-state index in [-0.39, 0.29) is 11.8 Å². The van der Waals surface area contributed by atoms with E-state index in [0.29, 0.717) is 50.6 Å². The highest BCUT2D eigenvalue weighted by Gasteiger charge is 2.70. The Morgan fingerprint density at radius 2 is 1.12 bits per heavy atom. The van der Waals surface area contributed by atoms with Gasteiger partial charge in [0, 0.05) is 13.1 Å². The van der Waals surface area contributed by atoms with Gasteiger partial charge in [-0.05, 0) is 63.2 Å². The molecule has 2 saturated carbocycles. The van der Waals surface area contributed by atoms with Gasteiger partial charge in [0.15, 0.2) is 0 Å². The van der Waals surface area contributed by atoms with E-state index < -0.39 is 34.9 Å². The number of hydrogen-bond acceptors (Lipinski definition) is 4. The Hall–Kier alpha value is -2.12. The van der Waals surface area contributed by atoms with Crippen molar-refractivity contribution in [3.05, 3.63) is 0 Å². The molecule has 2 saturated heterocycles. The van der Waals surface area contributed by atoms with Gasteiger partial charge in [-0.2, -0.15) is 0 Å². The van der Waals surface area contributed by atoms with Crippen LogP contribution in [0.1, 0.15) is 78.1 Å². The van der Waals surface area contributed by atoms with E-state index in [1.807, 2.05) is 0 Å². The molecule has 2 amide bonds. The fourth-order valence-electron chi connectivity index (χ4n) is 6.80. The van der Waals surface area contributed by atoms with Crippen LogP contribution in [0.2, 0.25) is 0 Å². The Morgan fingerprint density at radius 3 is 1.47 bits per heavy atom. The van der Waals surface area contributed by atoms with Gasteiger partial charge in [-0.1, -0.05) is 26.7 Å². The SMILES string of the molecule is CC1CCC(C(=O)O)C2(C1)C(=O)N2CCCCCCN1C(=O)C12CC(C)CCC2C(=O)O. The van der Waals surface area contributed by atoms with Gasteiger partial charge in [0.1, 0.15) is 11.1 Å². The number of carbonyl (C=O) groups is 4. The number of carbonyl (C=O) groups excluding carboxylic acids is 2. The number of amides is 2. The molecule has 4 fully saturated rings. The Kier molecular flexibility index (Phi) is 6.01. The largest absolute Gasteiger partial charge is 0.481 e. The summed E-state index contributed by atoms with van der Waals surface area (Å²) in [5.41, 5.74) is -1.54. The molecule has 2 aliphatic carbocycles. The van der Waals surface area contributed by atoms with Crippen LogP contribution >= 0.6 is 0 Å². The van der Waals surface area contributed by atoms with Gasteiger partial charge in [-0.25, -0.2) is 0 Å². The molecule has 6 atom stereocenters. The molecule has 0 bridgehead atoms. The average Bonchev–Trinajstić information content (AvgIpc) is 3.48. The first-order valence-corrected chi connectivity index (χ1v) is 12.3. The van der Waals surface area contributed by atoms with Gasteiger partial charge >= 0.3 is 11.9 Å². The molecule has 2 aliphatic heterocycles. The molecule has 8 nitrogen and oxygen atoms in total. The lowest BCUT2D eigenvalue weighted by Crippen LogP contribution is -2.41. The van der Waals surface area contributed by atoms with Crippen molar-refractivity contribution in [2.24, 2.45) is 23.7 Å². The molecule has 8 heteroatoms. The number of carboxylic acids is 2. The minimum Gasteiger partial charge on any atom is -0.481 e. The molecule has 4 rings (SSSR count). The van der Waals surface area contributed by atoms with E-state index in [9.17, 15) is 29.4 Å². The lowest BCUT2D eigenvalue weighted by molar-refractivity contribution is -0.146. The van der Waals surface area contributed by atoms with Crippen LogP contribution in [-0.2, 0) is 19.2 Å². The van der Waals surface area contributed by atoms with Crippen molar-refractivity contribution >= 4 is 23.8 Å². The van der Waals surface area contributed by atoms with Crippen molar-refractivity contribution < 1.29 is 29.4 Å². The maximum Gasteiger partial charge on any atom is 0.309 e. The van der Waals surface area contributed by atoms with Crippen molar-refractivity contribution in [1.29, 1.82) is 0 Å². The molecule has 178 valence electrons. The van der Waals surface area contributed by atoms with Crippen LogP contribution < -0.4 is 0 Å². The van der Waals surface area contributed by atoms with Gasteiger partial charge in [-0.3, -0.25) is 19.2 Å². The first-order chi connectivity index (χ1) is 15.2. The number of carboxylic acid groups (broad SMARTS) is 2. The van der Waals surface area contributed by atoms with Crippen molar-refractivity contribution in [2.75, 3.05) is 13.1 Å². The number of rotatable bonds is 9. The monoisotopic (exact) mass is 448 g/mol. The van der Waals surface area contributed by atoms with Gasteiger partial charge in [0.2, 0.25) is 11.8 Å². The zero-order valence-electron chi connectivity index (χ0n) is 19.2. The minimum absolute atomic E-state index is 0.000731. The van der Waals surface area contributed by atoms with Crippen LogP contribution in [0.25, 0.3) is 0 Å². The summed E-state index contributed by atoms with van der Waals surface area (Å²) < 4.78 is 0. The number of aliphatic carboxylic acids is 2. The second-order valence-electron chi connectivity index (χ2n) is 10.7. The molecule has 2 N–H and O–H groups in total. The predicted octanol–water partition coefficient (Wildman–Crippen LogP) is 2.75. The van der Waals surface area contributed by atoms with Crippen LogP contribution in [-0.4, -0.2) is 67.9 Å². The van der Waals surface area contributed by atoms with E-state index in [4.69, 9.17) is 0 Å². The van der Waals surface area contributed by atoms with E-state index in [0.717, 1.165) is 38.5 Å². The summed E-state index contributed by atoms with van der Waals surface area (Å²) in [7, 11) is 0. The van der Waals surface area contributed by atoms with Crippen molar-refractivity contribution in [3.8, 4) is 0 Å². The van der Waals surface area contributed by atoms with Gasteiger partial charge < -0.3 is 20.0 Å². The highest BCUT2D eigenvalue weighted by atomic mass is 16.4. The summed E-state index contributed by atoms with van der Waals surface area (Å²) in [6.45, 7) is 5.38. The highest BCUT2D eigenvalue weighted by Crippen LogP contribution is 2.53. The van der Waals surface area contributed by atoms with Crippen LogP contribution in [0.5, 0.6) is 0 Å². The quantitative estimate of drug-likeness (QED) is 0.414. The molecular formula is C24H36N2O6. The third-order valence-corrected chi connectivity index (χ3v) is 8.57. The summed E-state index contributed by atoms with van der Waals surface area (Å²) in [5.74, 6) is -2.16. The third kappa shape index (κ3) is 3.59. The maximum absolute atomic E-state index is 12.6. The normalized spacial score (nSPS) is 38.4. The van der Waals surface area contributed by atoms with E-state index in [1.54, 1.807) is 9.80 Å². The first kappa shape index (κ1) is 23.1. The summed E-state index contributed by atoms with van der Waals surface area (Å²) in [6, 6.07) is 0. The average molecular weight is 449 g/mol. The smallest absolute Gasteiger partial charge is 0.309 e. The molecule has 2 spiro atoms. The van der Waals surface area contributed by atoms with Crippen molar-refractivity contribution in [1.82, 2.24) is 9.80 Å². The Bertz CT molecular complexity index is 748. The van der Waals surface area contributed by atoms with E-state index in [1.165, 1.54) is 0 Å². The topological polar surface area (TPSA) is 115 Å². The second-order valence-corrected chi connectivity index (χ2v) is 10.7. The Morgan fingerprint density at radius 1 is 0.750 bits per heavy atom. The van der Waals surface area contributed by atoms with E-state index >= 15 is 0 Å². The second kappa shape index (κ2) is 8.34. The molecule has 0 aromatic rings. The molecule has 0 aromatic heterocycles. The molecule has 2 heterocycles. The molecule has 4 aliphatic rings. The van der Waals surface area contributed by atoms with Crippen molar-refractivity contribution in [3.63, 3.8) is 0 Å². The summed E-state index contributed by atoms with van der Waals surface area (Å²) in [5, 5.41) is 19.2. The van der Waals surface area contributed by atoms with Crippen LogP contribution in [0.3, 0.4) is 0 Å². The van der Waals surface area contributed by atoms with Crippen LogP contribution in [0, 0.1) is 23.7 Å². The third-order valence-electron chi connectivity index (χ3n) is 8.57. The molecule has 0 aromatic carbocycles. The van der Waals surface area contributed by atoms with Gasteiger partial charge in [-0.15, -0.1) is 0 Å². The lowest BCUT2D eigenvalue weighted by atomic mass is 9.73. The summed E-state index contributed by atoms with van der Waals surface area (Å²) in [4.78, 5) is 52.1. The summed E-state index contributed by atoms with van der Waals surface area (Å²) in [6.07, 6.45) is 7.60. The summed E-state index contributed by atoms with van der Waals surface area (Å²) >= 11 is 0. The number of hydrogen-bond donors (Lipinski definition) is 2. The predicted molar refractivity (Wildman–Crippen MR) is 116 cm³/mol. The van der Waals surface area contributed by atoms with Gasteiger partial charge in [0.05, 0.1) is 11.8 Å². The minimum atomic E-state index is -0.860. The maximum atomic E-state index is 12.6. The van der Waals surface area contributed by atoms with E-state index in [2.05, 4.69) is 13.8 Å². The van der Waals surface area contributed by atoms with Crippen molar-refractivity contribution in [2.45, 2.75) is 89.1 Å². The zero-order valence-corrected chi connectivity index (χ0v) is 19.2.